The number of aliphatic hydroxyl groups excluding tert-OH is 1. The van der Waals surface area contributed by atoms with Crippen molar-refractivity contribution in [1.82, 2.24) is 0 Å². The second-order valence-corrected chi connectivity index (χ2v) is 3.72. The van der Waals surface area contributed by atoms with Crippen LogP contribution in [-0.4, -0.2) is 25.3 Å². The highest BCUT2D eigenvalue weighted by molar-refractivity contribution is 5.66. The largest absolute Gasteiger partial charge is 0.396 e. The van der Waals surface area contributed by atoms with Crippen LogP contribution in [0.15, 0.2) is 18.2 Å². The summed E-state index contributed by atoms with van der Waals surface area (Å²) in [6, 6.07) is 6.20. The summed E-state index contributed by atoms with van der Waals surface area (Å²) in [5.41, 5.74) is 3.65. The molecule has 3 nitrogen and oxygen atoms in total. The molecule has 76 valence electrons. The van der Waals surface area contributed by atoms with Crippen LogP contribution >= 0.6 is 0 Å². The lowest BCUT2D eigenvalue weighted by Crippen LogP contribution is -2.26. The lowest BCUT2D eigenvalue weighted by molar-refractivity contribution is 0.230. The third-order valence-electron chi connectivity index (χ3n) is 2.78. The number of anilines is 2. The molecule has 2 rings (SSSR count). The van der Waals surface area contributed by atoms with Gasteiger partial charge in [-0.15, -0.1) is 0 Å². The standard InChI is InChI=1S/C11H16N2O/c1-12-10-3-2-4-11-9(10)5-8(7-14)6-13-11/h2-4,8,12-14H,5-7H2,1H3. The summed E-state index contributed by atoms with van der Waals surface area (Å²) in [6.07, 6.45) is 0.954. The van der Waals surface area contributed by atoms with E-state index in [4.69, 9.17) is 5.11 Å². The summed E-state index contributed by atoms with van der Waals surface area (Å²) in [5, 5.41) is 15.6. The lowest BCUT2D eigenvalue weighted by Gasteiger charge is -2.26. The van der Waals surface area contributed by atoms with Gasteiger partial charge in [-0.1, -0.05) is 6.07 Å². The summed E-state index contributed by atoms with van der Waals surface area (Å²) < 4.78 is 0. The maximum Gasteiger partial charge on any atom is 0.0479 e. The Labute approximate surface area is 84.1 Å². The molecule has 0 saturated heterocycles. The molecule has 1 atom stereocenters. The number of fused-ring (bicyclic) bond motifs is 1. The normalized spacial score (nSPS) is 19.7. The molecular weight excluding hydrogens is 176 g/mol. The maximum absolute atomic E-state index is 9.12. The van der Waals surface area contributed by atoms with Crippen molar-refractivity contribution in [3.8, 4) is 0 Å². The molecule has 0 aromatic heterocycles. The van der Waals surface area contributed by atoms with Gasteiger partial charge in [0.15, 0.2) is 0 Å². The van der Waals surface area contributed by atoms with E-state index in [1.807, 2.05) is 13.1 Å². The fraction of sp³-hybridized carbons (Fsp3) is 0.455. The summed E-state index contributed by atoms with van der Waals surface area (Å²) in [7, 11) is 1.93. The van der Waals surface area contributed by atoms with Crippen molar-refractivity contribution in [3.63, 3.8) is 0 Å². The molecule has 3 N–H and O–H groups in total. The summed E-state index contributed by atoms with van der Waals surface area (Å²) in [5.74, 6) is 0.344. The average molecular weight is 192 g/mol. The Balaban J connectivity index is 2.33. The second kappa shape index (κ2) is 3.88. The lowest BCUT2D eigenvalue weighted by atomic mass is 9.93. The minimum atomic E-state index is 0.254. The Morgan fingerprint density at radius 1 is 1.57 bits per heavy atom. The van der Waals surface area contributed by atoms with Crippen LogP contribution < -0.4 is 10.6 Å². The number of hydrogen-bond acceptors (Lipinski definition) is 3. The van der Waals surface area contributed by atoms with Crippen LogP contribution in [0.2, 0.25) is 0 Å². The van der Waals surface area contributed by atoms with Gasteiger partial charge in [0.2, 0.25) is 0 Å². The average Bonchev–Trinajstić information content (AvgIpc) is 2.27. The quantitative estimate of drug-likeness (QED) is 0.662. The summed E-state index contributed by atoms with van der Waals surface area (Å²) >= 11 is 0. The molecule has 3 heteroatoms. The summed E-state index contributed by atoms with van der Waals surface area (Å²) in [4.78, 5) is 0. The SMILES string of the molecule is CNc1cccc2c1CC(CO)CN2. The Hall–Kier alpha value is -1.22. The van der Waals surface area contributed by atoms with Gasteiger partial charge < -0.3 is 15.7 Å². The molecule has 0 amide bonds. The van der Waals surface area contributed by atoms with E-state index in [0.717, 1.165) is 18.7 Å². The van der Waals surface area contributed by atoms with Crippen molar-refractivity contribution in [1.29, 1.82) is 0 Å². The minimum Gasteiger partial charge on any atom is -0.396 e. The van der Waals surface area contributed by atoms with E-state index in [1.165, 1.54) is 11.3 Å². The van der Waals surface area contributed by atoms with Crippen LogP contribution in [0.3, 0.4) is 0 Å². The molecule has 1 aliphatic rings. The molecule has 0 spiro atoms. The maximum atomic E-state index is 9.12. The molecule has 1 aromatic rings. The Kier molecular flexibility index (Phi) is 2.59. The third kappa shape index (κ3) is 1.55. The highest BCUT2D eigenvalue weighted by atomic mass is 16.3. The predicted molar refractivity (Wildman–Crippen MR) is 58.8 cm³/mol. The van der Waals surface area contributed by atoms with Gasteiger partial charge in [-0.05, 0) is 24.1 Å². The molecule has 0 aliphatic carbocycles. The molecular formula is C11H16N2O. The van der Waals surface area contributed by atoms with E-state index in [1.54, 1.807) is 0 Å². The predicted octanol–water partition coefficient (Wildman–Crippen LogP) is 1.30. The van der Waals surface area contributed by atoms with Gasteiger partial charge in [-0.25, -0.2) is 0 Å². The van der Waals surface area contributed by atoms with Crippen LogP contribution in [0.5, 0.6) is 0 Å². The van der Waals surface area contributed by atoms with Gasteiger partial charge in [-0.3, -0.25) is 0 Å². The van der Waals surface area contributed by atoms with E-state index >= 15 is 0 Å². The molecule has 1 heterocycles. The number of benzene rings is 1. The van der Waals surface area contributed by atoms with Gasteiger partial charge in [0.05, 0.1) is 0 Å². The Morgan fingerprint density at radius 2 is 2.43 bits per heavy atom. The van der Waals surface area contributed by atoms with Crippen LogP contribution in [0.25, 0.3) is 0 Å². The Morgan fingerprint density at radius 3 is 3.14 bits per heavy atom. The zero-order valence-corrected chi connectivity index (χ0v) is 8.38. The molecule has 1 unspecified atom stereocenters. The topological polar surface area (TPSA) is 44.3 Å². The van der Waals surface area contributed by atoms with Gasteiger partial charge >= 0.3 is 0 Å². The van der Waals surface area contributed by atoms with Crippen LogP contribution in [0.4, 0.5) is 11.4 Å². The van der Waals surface area contributed by atoms with Crippen LogP contribution in [0, 0.1) is 5.92 Å². The molecule has 14 heavy (non-hydrogen) atoms. The first-order chi connectivity index (χ1) is 6.85. The number of nitrogens with one attached hydrogen (secondary N) is 2. The fourth-order valence-corrected chi connectivity index (χ4v) is 1.95. The smallest absolute Gasteiger partial charge is 0.0479 e. The molecule has 0 saturated carbocycles. The third-order valence-corrected chi connectivity index (χ3v) is 2.78. The number of aliphatic hydroxyl groups is 1. The highest BCUT2D eigenvalue weighted by Crippen LogP contribution is 2.30. The van der Waals surface area contributed by atoms with Crippen molar-refractivity contribution in [3.05, 3.63) is 23.8 Å². The first-order valence-corrected chi connectivity index (χ1v) is 4.99. The minimum absolute atomic E-state index is 0.254. The van der Waals surface area contributed by atoms with E-state index < -0.39 is 0 Å². The van der Waals surface area contributed by atoms with Gasteiger partial charge in [-0.2, -0.15) is 0 Å². The summed E-state index contributed by atoms with van der Waals surface area (Å²) in [6.45, 7) is 1.13. The van der Waals surface area contributed by atoms with Crippen LogP contribution in [0.1, 0.15) is 5.56 Å². The van der Waals surface area contributed by atoms with Crippen molar-refractivity contribution < 1.29 is 5.11 Å². The van der Waals surface area contributed by atoms with E-state index in [0.29, 0.717) is 5.92 Å². The monoisotopic (exact) mass is 192 g/mol. The van der Waals surface area contributed by atoms with Gasteiger partial charge in [0.1, 0.15) is 0 Å². The van der Waals surface area contributed by atoms with E-state index in [9.17, 15) is 0 Å². The number of hydrogen-bond donors (Lipinski definition) is 3. The van der Waals surface area contributed by atoms with Crippen molar-refractivity contribution in [2.75, 3.05) is 30.8 Å². The van der Waals surface area contributed by atoms with Gasteiger partial charge in [0.25, 0.3) is 0 Å². The fourth-order valence-electron chi connectivity index (χ4n) is 1.95. The van der Waals surface area contributed by atoms with Crippen molar-refractivity contribution in [2.24, 2.45) is 5.92 Å². The molecule has 0 fully saturated rings. The van der Waals surface area contributed by atoms with Crippen molar-refractivity contribution >= 4 is 11.4 Å². The molecule has 0 radical (unpaired) electrons. The zero-order chi connectivity index (χ0) is 9.97. The molecule has 1 aliphatic heterocycles. The molecule has 0 bridgehead atoms. The Bertz CT molecular complexity index is 311. The second-order valence-electron chi connectivity index (χ2n) is 3.72. The van der Waals surface area contributed by atoms with E-state index in [-0.39, 0.29) is 6.61 Å². The van der Waals surface area contributed by atoms with E-state index in [2.05, 4.69) is 22.8 Å². The first-order valence-electron chi connectivity index (χ1n) is 4.99. The van der Waals surface area contributed by atoms with Crippen molar-refractivity contribution in [2.45, 2.75) is 6.42 Å². The first kappa shape index (κ1) is 9.34. The van der Waals surface area contributed by atoms with Crippen LogP contribution in [-0.2, 0) is 6.42 Å². The molecule has 1 aromatic carbocycles. The number of rotatable bonds is 2. The highest BCUT2D eigenvalue weighted by Gasteiger charge is 2.19. The zero-order valence-electron chi connectivity index (χ0n) is 8.38. The van der Waals surface area contributed by atoms with Gasteiger partial charge in [0, 0.05) is 37.5 Å².